The van der Waals surface area contributed by atoms with E-state index < -0.39 is 11.7 Å². The van der Waals surface area contributed by atoms with Gasteiger partial charge in [-0.2, -0.15) is 13.2 Å². The first-order valence-electron chi connectivity index (χ1n) is 6.19. The van der Waals surface area contributed by atoms with Gasteiger partial charge in [-0.25, -0.2) is 4.98 Å². The third kappa shape index (κ3) is 2.36. The standard InChI is InChI=1S/C14H11F3N4/c15-14(16,17)10-3-4-12-20-13(9-2-1-5-19-7-9)11(6-18)21(12)8-10/h1-5,7-8H,6,18H2. The molecule has 7 heteroatoms. The van der Waals surface area contributed by atoms with Gasteiger partial charge in [-0.1, -0.05) is 0 Å². The van der Waals surface area contributed by atoms with Crippen LogP contribution in [0.3, 0.4) is 0 Å². The van der Waals surface area contributed by atoms with Crippen LogP contribution in [0.1, 0.15) is 11.3 Å². The summed E-state index contributed by atoms with van der Waals surface area (Å²) < 4.78 is 39.8. The molecule has 0 aliphatic heterocycles. The van der Waals surface area contributed by atoms with Gasteiger partial charge in [0.15, 0.2) is 0 Å². The van der Waals surface area contributed by atoms with Crippen LogP contribution < -0.4 is 5.73 Å². The van der Waals surface area contributed by atoms with Gasteiger partial charge in [-0.3, -0.25) is 4.98 Å². The molecular weight excluding hydrogens is 281 g/mol. The minimum Gasteiger partial charge on any atom is -0.325 e. The molecule has 0 aromatic carbocycles. The monoisotopic (exact) mass is 292 g/mol. The third-order valence-electron chi connectivity index (χ3n) is 3.17. The second-order valence-electron chi connectivity index (χ2n) is 4.50. The minimum absolute atomic E-state index is 0.0761. The van der Waals surface area contributed by atoms with E-state index in [1.54, 1.807) is 24.5 Å². The maximum absolute atomic E-state index is 12.8. The second kappa shape index (κ2) is 4.85. The normalized spacial score (nSPS) is 12.0. The van der Waals surface area contributed by atoms with Crippen molar-refractivity contribution in [2.75, 3.05) is 0 Å². The molecule has 0 bridgehead atoms. The number of nitrogens with zero attached hydrogens (tertiary/aromatic N) is 3. The summed E-state index contributed by atoms with van der Waals surface area (Å²) in [4.78, 5) is 8.35. The highest BCUT2D eigenvalue weighted by atomic mass is 19.4. The Balaban J connectivity index is 2.24. The molecule has 0 radical (unpaired) electrons. The molecule has 0 amide bonds. The largest absolute Gasteiger partial charge is 0.417 e. The number of rotatable bonds is 2. The van der Waals surface area contributed by atoms with Crippen LogP contribution in [0.25, 0.3) is 16.9 Å². The number of alkyl halides is 3. The summed E-state index contributed by atoms with van der Waals surface area (Å²) in [6.07, 6.45) is -0.169. The molecule has 0 aliphatic rings. The number of pyridine rings is 2. The van der Waals surface area contributed by atoms with Crippen molar-refractivity contribution in [1.29, 1.82) is 0 Å². The van der Waals surface area contributed by atoms with Crippen LogP contribution in [-0.4, -0.2) is 14.4 Å². The van der Waals surface area contributed by atoms with E-state index in [1.165, 1.54) is 10.5 Å². The predicted molar refractivity (Wildman–Crippen MR) is 71.3 cm³/mol. The molecule has 0 unspecified atom stereocenters. The Hall–Kier alpha value is -2.41. The van der Waals surface area contributed by atoms with Crippen molar-refractivity contribution in [3.63, 3.8) is 0 Å². The van der Waals surface area contributed by atoms with Crippen LogP contribution in [0.4, 0.5) is 13.2 Å². The van der Waals surface area contributed by atoms with E-state index in [2.05, 4.69) is 9.97 Å². The molecule has 3 rings (SSSR count). The Morgan fingerprint density at radius 2 is 2.00 bits per heavy atom. The van der Waals surface area contributed by atoms with Crippen LogP contribution in [0.15, 0.2) is 42.9 Å². The van der Waals surface area contributed by atoms with Gasteiger partial charge in [0, 0.05) is 30.7 Å². The number of nitrogens with two attached hydrogens (primary N) is 1. The van der Waals surface area contributed by atoms with E-state index >= 15 is 0 Å². The second-order valence-corrected chi connectivity index (χ2v) is 4.50. The molecule has 3 aromatic heterocycles. The first-order chi connectivity index (χ1) is 10.0. The van der Waals surface area contributed by atoms with E-state index in [0.717, 1.165) is 17.8 Å². The van der Waals surface area contributed by atoms with E-state index in [1.807, 2.05) is 0 Å². The molecule has 108 valence electrons. The number of fused-ring (bicyclic) bond motifs is 1. The first kappa shape index (κ1) is 13.6. The van der Waals surface area contributed by atoms with Crippen LogP contribution in [0.2, 0.25) is 0 Å². The van der Waals surface area contributed by atoms with Crippen molar-refractivity contribution in [3.8, 4) is 11.3 Å². The third-order valence-corrected chi connectivity index (χ3v) is 3.17. The summed E-state index contributed by atoms with van der Waals surface area (Å²) in [6.45, 7) is 0.0761. The lowest BCUT2D eigenvalue weighted by molar-refractivity contribution is -0.137. The van der Waals surface area contributed by atoms with Crippen molar-refractivity contribution in [2.45, 2.75) is 12.7 Å². The van der Waals surface area contributed by atoms with Crippen molar-refractivity contribution >= 4 is 5.65 Å². The Morgan fingerprint density at radius 1 is 1.19 bits per heavy atom. The molecule has 0 saturated carbocycles. The molecule has 0 fully saturated rings. The maximum atomic E-state index is 12.8. The fourth-order valence-electron chi connectivity index (χ4n) is 2.19. The summed E-state index contributed by atoms with van der Waals surface area (Å²) in [5, 5.41) is 0. The van der Waals surface area contributed by atoms with E-state index in [-0.39, 0.29) is 6.54 Å². The van der Waals surface area contributed by atoms with E-state index in [4.69, 9.17) is 5.73 Å². The van der Waals surface area contributed by atoms with Gasteiger partial charge in [0.25, 0.3) is 0 Å². The van der Waals surface area contributed by atoms with Gasteiger partial charge in [0.05, 0.1) is 17.0 Å². The molecule has 21 heavy (non-hydrogen) atoms. The lowest BCUT2D eigenvalue weighted by Gasteiger charge is -2.08. The zero-order valence-corrected chi connectivity index (χ0v) is 10.8. The fourth-order valence-corrected chi connectivity index (χ4v) is 2.19. The molecule has 0 atom stereocenters. The minimum atomic E-state index is -4.40. The lowest BCUT2D eigenvalue weighted by atomic mass is 10.2. The summed E-state index contributed by atoms with van der Waals surface area (Å²) >= 11 is 0. The Bertz CT molecular complexity index is 778. The average molecular weight is 292 g/mol. The Labute approximate surface area is 118 Å². The maximum Gasteiger partial charge on any atom is 0.417 e. The summed E-state index contributed by atoms with van der Waals surface area (Å²) in [7, 11) is 0. The summed E-state index contributed by atoms with van der Waals surface area (Å²) in [5.74, 6) is 0. The fraction of sp³-hybridized carbons (Fsp3) is 0.143. The molecule has 3 heterocycles. The van der Waals surface area contributed by atoms with Crippen molar-refractivity contribution in [2.24, 2.45) is 5.73 Å². The molecule has 0 saturated heterocycles. The summed E-state index contributed by atoms with van der Waals surface area (Å²) in [6, 6.07) is 5.87. The summed E-state index contributed by atoms with van der Waals surface area (Å²) in [5.41, 5.74) is 7.16. The number of hydrogen-bond donors (Lipinski definition) is 1. The molecule has 3 aromatic rings. The lowest BCUT2D eigenvalue weighted by Crippen LogP contribution is -2.08. The predicted octanol–water partition coefficient (Wildman–Crippen LogP) is 2.87. The van der Waals surface area contributed by atoms with Gasteiger partial charge in [0.2, 0.25) is 0 Å². The Morgan fingerprint density at radius 3 is 2.62 bits per heavy atom. The highest BCUT2D eigenvalue weighted by molar-refractivity contribution is 5.66. The molecule has 2 N–H and O–H groups in total. The molecule has 0 spiro atoms. The zero-order valence-electron chi connectivity index (χ0n) is 10.8. The van der Waals surface area contributed by atoms with Crippen LogP contribution in [-0.2, 0) is 12.7 Å². The highest BCUT2D eigenvalue weighted by Gasteiger charge is 2.31. The number of halogens is 3. The SMILES string of the molecule is NCc1c(-c2cccnc2)nc2ccc(C(F)(F)F)cn12. The van der Waals surface area contributed by atoms with Crippen molar-refractivity contribution in [1.82, 2.24) is 14.4 Å². The molecule has 4 nitrogen and oxygen atoms in total. The van der Waals surface area contributed by atoms with Crippen molar-refractivity contribution < 1.29 is 13.2 Å². The van der Waals surface area contributed by atoms with Crippen LogP contribution >= 0.6 is 0 Å². The van der Waals surface area contributed by atoms with E-state index in [9.17, 15) is 13.2 Å². The smallest absolute Gasteiger partial charge is 0.325 e. The van der Waals surface area contributed by atoms with Gasteiger partial charge in [0.1, 0.15) is 5.65 Å². The Kier molecular flexibility index (Phi) is 3.13. The van der Waals surface area contributed by atoms with Crippen LogP contribution in [0, 0.1) is 0 Å². The van der Waals surface area contributed by atoms with Gasteiger partial charge < -0.3 is 10.1 Å². The molecular formula is C14H11F3N4. The van der Waals surface area contributed by atoms with Crippen LogP contribution in [0.5, 0.6) is 0 Å². The van der Waals surface area contributed by atoms with Gasteiger partial charge in [-0.05, 0) is 24.3 Å². The van der Waals surface area contributed by atoms with Gasteiger partial charge >= 0.3 is 6.18 Å². The number of hydrogen-bond acceptors (Lipinski definition) is 3. The quantitative estimate of drug-likeness (QED) is 0.790. The number of imidazole rings is 1. The average Bonchev–Trinajstić information content (AvgIpc) is 2.84. The first-order valence-corrected chi connectivity index (χ1v) is 6.19. The van der Waals surface area contributed by atoms with Gasteiger partial charge in [-0.15, -0.1) is 0 Å². The highest BCUT2D eigenvalue weighted by Crippen LogP contribution is 2.31. The van der Waals surface area contributed by atoms with Crippen molar-refractivity contribution in [3.05, 3.63) is 54.1 Å². The topological polar surface area (TPSA) is 56.2 Å². The zero-order chi connectivity index (χ0) is 15.0. The molecule has 0 aliphatic carbocycles. The number of aromatic nitrogens is 3. The van der Waals surface area contributed by atoms with E-state index in [0.29, 0.717) is 17.0 Å².